The quantitative estimate of drug-likeness (QED) is 0.909. The van der Waals surface area contributed by atoms with Crippen molar-refractivity contribution in [2.75, 3.05) is 6.54 Å². The molecule has 2 rings (SSSR count). The maximum Gasteiger partial charge on any atom is 0.158 e. The van der Waals surface area contributed by atoms with E-state index in [1.54, 1.807) is 0 Å². The first-order chi connectivity index (χ1) is 9.94. The first-order valence-corrected chi connectivity index (χ1v) is 9.65. The second-order valence-corrected chi connectivity index (χ2v) is 8.57. The van der Waals surface area contributed by atoms with E-state index in [1.807, 2.05) is 38.1 Å². The van der Waals surface area contributed by atoms with E-state index >= 15 is 0 Å². The molecule has 1 fully saturated rings. The van der Waals surface area contributed by atoms with E-state index in [-0.39, 0.29) is 17.0 Å². The smallest absolute Gasteiger partial charge is 0.158 e. The fourth-order valence-electron chi connectivity index (χ4n) is 3.32. The van der Waals surface area contributed by atoms with Crippen LogP contribution in [0.1, 0.15) is 44.2 Å². The van der Waals surface area contributed by atoms with Gasteiger partial charge in [-0.2, -0.15) is 0 Å². The molecule has 0 radical (unpaired) electrons. The van der Waals surface area contributed by atoms with Gasteiger partial charge in [0.1, 0.15) is 0 Å². The third kappa shape index (κ3) is 4.07. The number of benzene rings is 1. The van der Waals surface area contributed by atoms with Crippen LogP contribution in [0.2, 0.25) is 0 Å². The fourth-order valence-corrected chi connectivity index (χ4v) is 5.64. The normalized spacial score (nSPS) is 26.7. The Morgan fingerprint density at radius 3 is 2.62 bits per heavy atom. The molecule has 0 heterocycles. The Bertz CT molecular complexity index is 568. The first-order valence-electron chi connectivity index (χ1n) is 7.93. The molecule has 1 aromatic carbocycles. The fraction of sp³-hybridized carbons (Fsp3) is 0.647. The third-order valence-electron chi connectivity index (χ3n) is 4.60. The number of nitrogens with one attached hydrogen (secondary N) is 1. The summed E-state index contributed by atoms with van der Waals surface area (Å²) in [6.45, 7) is 7.02. The van der Waals surface area contributed by atoms with Crippen LogP contribution in [-0.4, -0.2) is 26.3 Å². The van der Waals surface area contributed by atoms with Gasteiger partial charge in [0.2, 0.25) is 0 Å². The lowest BCUT2D eigenvalue weighted by molar-refractivity contribution is 0.311. The zero-order valence-corrected chi connectivity index (χ0v) is 14.1. The summed E-state index contributed by atoms with van der Waals surface area (Å²) in [5, 5.41) is 3.13. The molecular weight excluding hydrogens is 282 g/mol. The molecule has 3 unspecified atom stereocenters. The van der Waals surface area contributed by atoms with Gasteiger partial charge in [0.25, 0.3) is 0 Å². The van der Waals surface area contributed by atoms with Crippen molar-refractivity contribution in [3.05, 3.63) is 35.4 Å². The van der Waals surface area contributed by atoms with Crippen LogP contribution < -0.4 is 5.32 Å². The van der Waals surface area contributed by atoms with Crippen LogP contribution in [-0.2, 0) is 15.6 Å². The lowest BCUT2D eigenvalue weighted by atomic mass is 9.87. The largest absolute Gasteiger partial charge is 0.313 e. The van der Waals surface area contributed by atoms with Gasteiger partial charge >= 0.3 is 0 Å². The topological polar surface area (TPSA) is 46.2 Å². The van der Waals surface area contributed by atoms with Crippen LogP contribution in [0.5, 0.6) is 0 Å². The average Bonchev–Trinajstić information content (AvgIpc) is 2.43. The van der Waals surface area contributed by atoms with Gasteiger partial charge in [0.15, 0.2) is 9.84 Å². The van der Waals surface area contributed by atoms with Crippen LogP contribution >= 0.6 is 0 Å². The maximum atomic E-state index is 12.9. The van der Waals surface area contributed by atoms with Crippen molar-refractivity contribution in [1.82, 2.24) is 5.32 Å². The molecule has 0 saturated heterocycles. The molecule has 0 aliphatic heterocycles. The summed E-state index contributed by atoms with van der Waals surface area (Å²) < 4.78 is 25.8. The molecule has 0 spiro atoms. The SMILES string of the molecule is CCNC1CCC(C)CC1S(=O)(=O)Cc1ccccc1C. The van der Waals surface area contributed by atoms with Crippen molar-refractivity contribution in [3.8, 4) is 0 Å². The first kappa shape index (κ1) is 16.5. The van der Waals surface area contributed by atoms with Gasteiger partial charge in [-0.05, 0) is 49.8 Å². The van der Waals surface area contributed by atoms with Crippen LogP contribution in [0.3, 0.4) is 0 Å². The van der Waals surface area contributed by atoms with Crippen LogP contribution in [0.4, 0.5) is 0 Å². The van der Waals surface area contributed by atoms with E-state index in [2.05, 4.69) is 12.2 Å². The molecule has 1 N–H and O–H groups in total. The highest BCUT2D eigenvalue weighted by Gasteiger charge is 2.37. The van der Waals surface area contributed by atoms with E-state index in [0.29, 0.717) is 5.92 Å². The molecule has 21 heavy (non-hydrogen) atoms. The molecule has 1 aliphatic carbocycles. The van der Waals surface area contributed by atoms with E-state index in [9.17, 15) is 8.42 Å². The van der Waals surface area contributed by atoms with Crippen molar-refractivity contribution in [2.24, 2.45) is 5.92 Å². The lowest BCUT2D eigenvalue weighted by Gasteiger charge is -2.35. The molecule has 0 aromatic heterocycles. The van der Waals surface area contributed by atoms with Gasteiger partial charge < -0.3 is 5.32 Å². The van der Waals surface area contributed by atoms with Gasteiger partial charge in [-0.1, -0.05) is 38.1 Å². The monoisotopic (exact) mass is 309 g/mol. The van der Waals surface area contributed by atoms with Gasteiger partial charge in [-0.15, -0.1) is 0 Å². The molecule has 3 nitrogen and oxygen atoms in total. The zero-order chi connectivity index (χ0) is 15.5. The number of rotatable bonds is 5. The predicted octanol–water partition coefficient (Wildman–Crippen LogP) is 3.08. The highest BCUT2D eigenvalue weighted by atomic mass is 32.2. The second kappa shape index (κ2) is 6.93. The minimum Gasteiger partial charge on any atom is -0.313 e. The summed E-state index contributed by atoms with van der Waals surface area (Å²) in [6.07, 6.45) is 2.87. The number of hydrogen-bond acceptors (Lipinski definition) is 3. The molecule has 0 amide bonds. The van der Waals surface area contributed by atoms with Crippen molar-refractivity contribution in [3.63, 3.8) is 0 Å². The molecule has 1 saturated carbocycles. The number of hydrogen-bond donors (Lipinski definition) is 1. The third-order valence-corrected chi connectivity index (χ3v) is 6.76. The minimum atomic E-state index is -3.13. The lowest BCUT2D eigenvalue weighted by Crippen LogP contribution is -2.48. The molecule has 1 aromatic rings. The van der Waals surface area contributed by atoms with Gasteiger partial charge in [-0.3, -0.25) is 0 Å². The Kier molecular flexibility index (Phi) is 5.44. The second-order valence-electron chi connectivity index (χ2n) is 6.35. The van der Waals surface area contributed by atoms with Crippen LogP contribution in [0.25, 0.3) is 0 Å². The van der Waals surface area contributed by atoms with Gasteiger partial charge in [0, 0.05) is 6.04 Å². The van der Waals surface area contributed by atoms with Crippen LogP contribution in [0, 0.1) is 12.8 Å². The van der Waals surface area contributed by atoms with Gasteiger partial charge in [-0.25, -0.2) is 8.42 Å². The summed E-state index contributed by atoms with van der Waals surface area (Å²) in [5.41, 5.74) is 2.00. The average molecular weight is 309 g/mol. The molecule has 118 valence electrons. The Morgan fingerprint density at radius 1 is 1.24 bits per heavy atom. The van der Waals surface area contributed by atoms with Gasteiger partial charge in [0.05, 0.1) is 11.0 Å². The Morgan fingerprint density at radius 2 is 1.95 bits per heavy atom. The number of aryl methyl sites for hydroxylation is 1. The van der Waals surface area contributed by atoms with E-state index < -0.39 is 9.84 Å². The molecule has 3 atom stereocenters. The summed E-state index contributed by atoms with van der Waals surface area (Å²) in [5.74, 6) is 0.662. The summed E-state index contributed by atoms with van der Waals surface area (Å²) >= 11 is 0. The predicted molar refractivity (Wildman–Crippen MR) is 88.1 cm³/mol. The number of sulfone groups is 1. The Hall–Kier alpha value is -0.870. The van der Waals surface area contributed by atoms with Crippen molar-refractivity contribution in [2.45, 2.75) is 57.1 Å². The standard InChI is InChI=1S/C17H27NO2S/c1-4-18-16-10-9-13(2)11-17(16)21(19,20)12-15-8-6-5-7-14(15)3/h5-8,13,16-18H,4,9-12H2,1-3H3. The van der Waals surface area contributed by atoms with Crippen LogP contribution in [0.15, 0.2) is 24.3 Å². The minimum absolute atomic E-state index is 0.111. The Labute approximate surface area is 129 Å². The molecular formula is C17H27NO2S. The maximum absolute atomic E-state index is 12.9. The van der Waals surface area contributed by atoms with Crippen molar-refractivity contribution in [1.29, 1.82) is 0 Å². The molecule has 1 aliphatic rings. The van der Waals surface area contributed by atoms with Crippen molar-refractivity contribution < 1.29 is 8.42 Å². The summed E-state index contributed by atoms with van der Waals surface area (Å²) in [4.78, 5) is 0. The van der Waals surface area contributed by atoms with Crippen molar-refractivity contribution >= 4 is 9.84 Å². The van der Waals surface area contributed by atoms with E-state index in [1.165, 1.54) is 0 Å². The molecule has 0 bridgehead atoms. The molecule has 4 heteroatoms. The highest BCUT2D eigenvalue weighted by molar-refractivity contribution is 7.91. The summed E-state index contributed by atoms with van der Waals surface area (Å²) in [6, 6.07) is 7.90. The Balaban J connectivity index is 2.21. The van der Waals surface area contributed by atoms with E-state index in [4.69, 9.17) is 0 Å². The highest BCUT2D eigenvalue weighted by Crippen LogP contribution is 2.31. The zero-order valence-electron chi connectivity index (χ0n) is 13.3. The summed E-state index contributed by atoms with van der Waals surface area (Å²) in [7, 11) is -3.13. The van der Waals surface area contributed by atoms with E-state index in [0.717, 1.165) is 36.9 Å².